The van der Waals surface area contributed by atoms with Crippen molar-refractivity contribution in [3.8, 4) is 0 Å². The van der Waals surface area contributed by atoms with E-state index in [9.17, 15) is 5.11 Å². The molecule has 0 saturated heterocycles. The highest BCUT2D eigenvalue weighted by molar-refractivity contribution is 5.58. The molecule has 0 heterocycles. The zero-order chi connectivity index (χ0) is 13.8. The number of benzene rings is 1. The fourth-order valence-corrected chi connectivity index (χ4v) is 2.51. The fraction of sp³-hybridized carbons (Fsp3) is 0.625. The summed E-state index contributed by atoms with van der Waals surface area (Å²) < 4.78 is 0. The van der Waals surface area contributed by atoms with E-state index < -0.39 is 0 Å². The van der Waals surface area contributed by atoms with E-state index in [1.54, 1.807) is 0 Å². The van der Waals surface area contributed by atoms with Crippen molar-refractivity contribution in [2.75, 3.05) is 18.5 Å². The van der Waals surface area contributed by atoms with Gasteiger partial charge in [0.1, 0.15) is 0 Å². The smallest absolute Gasteiger partial charge is 0.0504 e. The van der Waals surface area contributed by atoms with Crippen LogP contribution in [0.3, 0.4) is 0 Å². The van der Waals surface area contributed by atoms with Gasteiger partial charge in [-0.2, -0.15) is 0 Å². The highest BCUT2D eigenvalue weighted by atomic mass is 16.3. The van der Waals surface area contributed by atoms with Crippen molar-refractivity contribution in [2.45, 2.75) is 47.5 Å². The van der Waals surface area contributed by atoms with Gasteiger partial charge in [-0.1, -0.05) is 31.5 Å². The lowest BCUT2D eigenvalue weighted by Crippen LogP contribution is -2.32. The first-order valence-corrected chi connectivity index (χ1v) is 6.90. The molecule has 0 atom stereocenters. The minimum atomic E-state index is 0.00374. The lowest BCUT2D eigenvalue weighted by atomic mass is 9.83. The van der Waals surface area contributed by atoms with Crippen LogP contribution in [-0.2, 0) is 0 Å². The van der Waals surface area contributed by atoms with Crippen LogP contribution in [0.25, 0.3) is 0 Å². The first-order chi connectivity index (χ1) is 8.48. The molecule has 0 aromatic heterocycles. The van der Waals surface area contributed by atoms with Crippen molar-refractivity contribution in [1.29, 1.82) is 0 Å². The van der Waals surface area contributed by atoms with Crippen LogP contribution in [0.2, 0.25) is 0 Å². The van der Waals surface area contributed by atoms with Crippen molar-refractivity contribution < 1.29 is 5.11 Å². The van der Waals surface area contributed by atoms with Gasteiger partial charge in [0.05, 0.1) is 6.61 Å². The van der Waals surface area contributed by atoms with Gasteiger partial charge in [0, 0.05) is 17.6 Å². The van der Waals surface area contributed by atoms with E-state index in [0.717, 1.165) is 19.4 Å². The molecule has 2 nitrogen and oxygen atoms in total. The molecule has 0 fully saturated rings. The van der Waals surface area contributed by atoms with Crippen molar-refractivity contribution in [2.24, 2.45) is 5.41 Å². The Balaban J connectivity index is 2.86. The van der Waals surface area contributed by atoms with Crippen LogP contribution in [0.4, 0.5) is 5.69 Å². The Bertz CT molecular complexity index is 363. The summed E-state index contributed by atoms with van der Waals surface area (Å²) in [6, 6.07) is 4.40. The third-order valence-electron chi connectivity index (χ3n) is 4.15. The summed E-state index contributed by atoms with van der Waals surface area (Å²) in [7, 11) is 0. The normalized spacial score (nSPS) is 11.7. The van der Waals surface area contributed by atoms with Crippen LogP contribution in [0.5, 0.6) is 0 Å². The zero-order valence-electron chi connectivity index (χ0n) is 12.4. The number of rotatable bonds is 6. The molecule has 0 radical (unpaired) electrons. The Morgan fingerprint density at radius 2 is 1.56 bits per heavy atom. The first-order valence-electron chi connectivity index (χ1n) is 6.90. The summed E-state index contributed by atoms with van der Waals surface area (Å²) in [6.45, 7) is 11.8. The Morgan fingerprint density at radius 1 is 1.06 bits per heavy atom. The van der Waals surface area contributed by atoms with E-state index in [1.165, 1.54) is 22.4 Å². The van der Waals surface area contributed by atoms with E-state index >= 15 is 0 Å². The standard InChI is InChI=1S/C16H27NO/c1-6-16(7-2,11-18)10-17-15-13(4)8-12(3)9-14(15)5/h8-9,17-18H,6-7,10-11H2,1-5H3. The summed E-state index contributed by atoms with van der Waals surface area (Å²) in [5, 5.41) is 13.1. The van der Waals surface area contributed by atoms with Gasteiger partial charge in [0.15, 0.2) is 0 Å². The number of hydrogen-bond acceptors (Lipinski definition) is 2. The maximum atomic E-state index is 9.60. The van der Waals surface area contributed by atoms with Gasteiger partial charge in [-0.15, -0.1) is 0 Å². The van der Waals surface area contributed by atoms with Crippen molar-refractivity contribution in [3.05, 3.63) is 28.8 Å². The lowest BCUT2D eigenvalue weighted by molar-refractivity contribution is 0.127. The summed E-state index contributed by atoms with van der Waals surface area (Å²) in [5.41, 5.74) is 5.09. The Kier molecular flexibility index (Phi) is 5.21. The molecule has 0 aliphatic heterocycles. The third-order valence-corrected chi connectivity index (χ3v) is 4.15. The van der Waals surface area contributed by atoms with Gasteiger partial charge >= 0.3 is 0 Å². The Morgan fingerprint density at radius 3 is 1.94 bits per heavy atom. The maximum absolute atomic E-state index is 9.60. The minimum absolute atomic E-state index is 0.00374. The van der Waals surface area contributed by atoms with Gasteiger partial charge in [0.2, 0.25) is 0 Å². The summed E-state index contributed by atoms with van der Waals surface area (Å²) >= 11 is 0. The van der Waals surface area contributed by atoms with Crippen LogP contribution in [0.15, 0.2) is 12.1 Å². The summed E-state index contributed by atoms with van der Waals surface area (Å²) in [4.78, 5) is 0. The predicted octanol–water partition coefficient (Wildman–Crippen LogP) is 3.82. The molecule has 1 rings (SSSR count). The molecule has 0 saturated carbocycles. The van der Waals surface area contributed by atoms with E-state index in [1.807, 2.05) is 0 Å². The number of aliphatic hydroxyl groups excluding tert-OH is 1. The second kappa shape index (κ2) is 6.24. The molecular formula is C16H27NO. The molecule has 0 bridgehead atoms. The van der Waals surface area contributed by atoms with Gasteiger partial charge in [-0.3, -0.25) is 0 Å². The number of anilines is 1. The van der Waals surface area contributed by atoms with Gasteiger partial charge in [-0.05, 0) is 44.7 Å². The summed E-state index contributed by atoms with van der Waals surface area (Å²) in [6.07, 6.45) is 1.99. The number of nitrogens with one attached hydrogen (secondary N) is 1. The second-order valence-corrected chi connectivity index (χ2v) is 5.49. The molecule has 1 aromatic rings. The van der Waals surface area contributed by atoms with E-state index in [-0.39, 0.29) is 12.0 Å². The van der Waals surface area contributed by atoms with E-state index in [4.69, 9.17) is 0 Å². The maximum Gasteiger partial charge on any atom is 0.0504 e. The average Bonchev–Trinajstić information content (AvgIpc) is 2.33. The van der Waals surface area contributed by atoms with E-state index in [0.29, 0.717) is 0 Å². The number of hydrogen-bond donors (Lipinski definition) is 2. The van der Waals surface area contributed by atoms with Crippen LogP contribution in [0, 0.1) is 26.2 Å². The number of aryl methyl sites for hydroxylation is 3. The zero-order valence-corrected chi connectivity index (χ0v) is 12.4. The third kappa shape index (κ3) is 3.26. The molecule has 0 aliphatic rings. The molecule has 2 N–H and O–H groups in total. The lowest BCUT2D eigenvalue weighted by Gasteiger charge is -2.30. The highest BCUT2D eigenvalue weighted by Crippen LogP contribution is 2.28. The molecule has 18 heavy (non-hydrogen) atoms. The molecule has 0 amide bonds. The van der Waals surface area contributed by atoms with Crippen molar-refractivity contribution >= 4 is 5.69 Å². The van der Waals surface area contributed by atoms with Gasteiger partial charge in [-0.25, -0.2) is 0 Å². The topological polar surface area (TPSA) is 32.3 Å². The minimum Gasteiger partial charge on any atom is -0.396 e. The second-order valence-electron chi connectivity index (χ2n) is 5.49. The van der Waals surface area contributed by atoms with Gasteiger partial charge in [0.25, 0.3) is 0 Å². The SMILES string of the molecule is CCC(CC)(CO)CNc1c(C)cc(C)cc1C. The first kappa shape index (κ1) is 15.0. The largest absolute Gasteiger partial charge is 0.396 e. The van der Waals surface area contributed by atoms with E-state index in [2.05, 4.69) is 52.1 Å². The fourth-order valence-electron chi connectivity index (χ4n) is 2.51. The van der Waals surface area contributed by atoms with Crippen LogP contribution in [0.1, 0.15) is 43.4 Å². The molecule has 0 aliphatic carbocycles. The number of aliphatic hydroxyl groups is 1. The Labute approximate surface area is 111 Å². The highest BCUT2D eigenvalue weighted by Gasteiger charge is 2.25. The predicted molar refractivity (Wildman–Crippen MR) is 79.2 cm³/mol. The quantitative estimate of drug-likeness (QED) is 0.803. The molecule has 1 aromatic carbocycles. The Hall–Kier alpha value is -1.02. The molecule has 0 unspecified atom stereocenters. The molecule has 2 heteroatoms. The van der Waals surface area contributed by atoms with Crippen molar-refractivity contribution in [3.63, 3.8) is 0 Å². The molecule has 0 spiro atoms. The van der Waals surface area contributed by atoms with Crippen molar-refractivity contribution in [1.82, 2.24) is 0 Å². The van der Waals surface area contributed by atoms with Gasteiger partial charge < -0.3 is 10.4 Å². The van der Waals surface area contributed by atoms with Crippen LogP contribution >= 0.6 is 0 Å². The molecular weight excluding hydrogens is 222 g/mol. The monoisotopic (exact) mass is 249 g/mol. The average molecular weight is 249 g/mol. The van der Waals surface area contributed by atoms with Crippen LogP contribution < -0.4 is 5.32 Å². The molecule has 102 valence electrons. The summed E-state index contributed by atoms with van der Waals surface area (Å²) in [5.74, 6) is 0. The van der Waals surface area contributed by atoms with Crippen LogP contribution in [-0.4, -0.2) is 18.3 Å².